The molecule has 0 aliphatic rings. The van der Waals surface area contributed by atoms with Gasteiger partial charge in [0.2, 0.25) is 16.8 Å². The molecule has 1 heterocycles. The topological polar surface area (TPSA) is 98.2 Å². The van der Waals surface area contributed by atoms with Gasteiger partial charge in [-0.2, -0.15) is 0 Å². The van der Waals surface area contributed by atoms with Gasteiger partial charge in [0.15, 0.2) is 6.10 Å². The van der Waals surface area contributed by atoms with E-state index in [4.69, 9.17) is 27.9 Å². The highest BCUT2D eigenvalue weighted by molar-refractivity contribution is 7.15. The molecule has 0 radical (unpaired) electrons. The van der Waals surface area contributed by atoms with E-state index in [1.165, 1.54) is 11.3 Å². The fourth-order valence-corrected chi connectivity index (χ4v) is 3.04. The van der Waals surface area contributed by atoms with E-state index < -0.39 is 12.1 Å². The molecule has 2 rings (SSSR count). The van der Waals surface area contributed by atoms with Gasteiger partial charge >= 0.3 is 5.97 Å². The van der Waals surface area contributed by atoms with Crippen LogP contribution >= 0.6 is 34.5 Å². The van der Waals surface area contributed by atoms with Gasteiger partial charge < -0.3 is 10.1 Å². The molecule has 1 N–H and O–H groups in total. The molecule has 10 heteroatoms. The lowest BCUT2D eigenvalue weighted by molar-refractivity contribution is -0.148. The van der Waals surface area contributed by atoms with Crippen molar-refractivity contribution in [3.05, 3.63) is 39.9 Å². The first-order valence-electron chi connectivity index (χ1n) is 8.04. The zero-order valence-corrected chi connectivity index (χ0v) is 16.7. The summed E-state index contributed by atoms with van der Waals surface area (Å²) in [7, 11) is 0. The molecule has 0 unspecified atom stereocenters. The smallest absolute Gasteiger partial charge is 0.307 e. The average molecular weight is 430 g/mol. The molecule has 1 amide bonds. The van der Waals surface area contributed by atoms with Crippen LogP contribution in [0, 0.1) is 6.92 Å². The van der Waals surface area contributed by atoms with E-state index >= 15 is 0 Å². The first-order chi connectivity index (χ1) is 12.9. The third kappa shape index (κ3) is 6.89. The number of rotatable bonds is 9. The Labute approximate surface area is 170 Å². The number of Topliss-reactive ketones (excluding diaryl/α,β-unsaturated/α-hetero) is 1. The summed E-state index contributed by atoms with van der Waals surface area (Å²) in [6.45, 7) is 1.76. The van der Waals surface area contributed by atoms with Crippen molar-refractivity contribution < 1.29 is 19.1 Å². The van der Waals surface area contributed by atoms with Gasteiger partial charge in [0.1, 0.15) is 5.01 Å². The number of aryl methyl sites for hydroxylation is 1. The predicted octanol–water partition coefficient (Wildman–Crippen LogP) is 3.64. The number of hydrogen-bond acceptors (Lipinski definition) is 7. The summed E-state index contributed by atoms with van der Waals surface area (Å²) in [5.74, 6) is -1.26. The second kappa shape index (κ2) is 10.3. The van der Waals surface area contributed by atoms with Crippen molar-refractivity contribution in [2.24, 2.45) is 0 Å². The maximum atomic E-state index is 12.5. The number of halogens is 2. The Morgan fingerprint density at radius 1 is 1.19 bits per heavy atom. The zero-order valence-electron chi connectivity index (χ0n) is 14.4. The van der Waals surface area contributed by atoms with Crippen molar-refractivity contribution in [1.29, 1.82) is 0 Å². The first kappa shape index (κ1) is 21.3. The third-order valence-corrected chi connectivity index (χ3v) is 4.62. The highest BCUT2D eigenvalue weighted by Gasteiger charge is 2.24. The second-order valence-corrected chi connectivity index (χ2v) is 7.50. The first-order valence-corrected chi connectivity index (χ1v) is 9.77. The lowest BCUT2D eigenvalue weighted by Gasteiger charge is -2.16. The van der Waals surface area contributed by atoms with Crippen molar-refractivity contribution in [3.63, 3.8) is 0 Å². The Morgan fingerprint density at radius 3 is 2.48 bits per heavy atom. The number of amides is 1. The number of anilines is 1. The number of nitrogens with zero attached hydrogens (tertiary/aromatic N) is 2. The summed E-state index contributed by atoms with van der Waals surface area (Å²) in [4.78, 5) is 36.4. The molecule has 0 bridgehead atoms. The minimum Gasteiger partial charge on any atom is -0.454 e. The van der Waals surface area contributed by atoms with Gasteiger partial charge in [-0.15, -0.1) is 21.8 Å². The summed E-state index contributed by atoms with van der Waals surface area (Å²) in [6, 6.07) is 6.26. The molecule has 0 saturated heterocycles. The fourth-order valence-electron chi connectivity index (χ4n) is 2.10. The summed E-state index contributed by atoms with van der Waals surface area (Å²) in [5.41, 5.74) is 0.367. The molecule has 1 aromatic carbocycles. The highest BCUT2D eigenvalue weighted by Crippen LogP contribution is 2.16. The number of nitrogens with one attached hydrogen (secondary N) is 1. The zero-order chi connectivity index (χ0) is 19.8. The van der Waals surface area contributed by atoms with Gasteiger partial charge in [0.05, 0.1) is 6.42 Å². The normalized spacial score (nSPS) is 11.7. The Hall–Kier alpha value is -2.03. The van der Waals surface area contributed by atoms with Gasteiger partial charge in [-0.3, -0.25) is 14.4 Å². The molecule has 27 heavy (non-hydrogen) atoms. The third-order valence-electron chi connectivity index (χ3n) is 3.39. The van der Waals surface area contributed by atoms with Crippen LogP contribution in [0.5, 0.6) is 0 Å². The highest BCUT2D eigenvalue weighted by atomic mass is 35.5. The molecule has 0 saturated carbocycles. The number of hydrogen-bond donors (Lipinski definition) is 1. The molecule has 7 nitrogen and oxygen atoms in total. The van der Waals surface area contributed by atoms with E-state index in [-0.39, 0.29) is 36.8 Å². The molecular formula is C17H17Cl2N3O4S. The molecule has 1 aromatic heterocycles. The van der Waals surface area contributed by atoms with E-state index in [2.05, 4.69) is 15.5 Å². The quantitative estimate of drug-likeness (QED) is 0.371. The molecule has 0 fully saturated rings. The number of esters is 1. The van der Waals surface area contributed by atoms with Crippen LogP contribution in [-0.2, 0) is 14.3 Å². The molecule has 1 atom stereocenters. The van der Waals surface area contributed by atoms with Crippen LogP contribution in [0.2, 0.25) is 5.02 Å². The maximum absolute atomic E-state index is 12.5. The lowest BCUT2D eigenvalue weighted by Crippen LogP contribution is -2.28. The summed E-state index contributed by atoms with van der Waals surface area (Å²) in [6.07, 6.45) is -1.10. The average Bonchev–Trinajstić information content (AvgIpc) is 3.04. The monoisotopic (exact) mass is 429 g/mol. The van der Waals surface area contributed by atoms with Crippen LogP contribution in [0.15, 0.2) is 24.3 Å². The van der Waals surface area contributed by atoms with E-state index in [0.29, 0.717) is 20.7 Å². The van der Waals surface area contributed by atoms with Crippen LogP contribution < -0.4 is 5.32 Å². The number of carbonyl (C=O) groups is 3. The SMILES string of the molecule is Cc1nnc(NC(=O)CCC(=O)O[C@H](CCCl)C(=O)c2ccc(Cl)cc2)s1. The van der Waals surface area contributed by atoms with E-state index in [0.717, 1.165) is 0 Å². The second-order valence-electron chi connectivity index (χ2n) is 5.50. The number of ketones is 1. The van der Waals surface area contributed by atoms with Gasteiger partial charge in [-0.05, 0) is 31.2 Å². The van der Waals surface area contributed by atoms with E-state index in [1.807, 2.05) is 0 Å². The van der Waals surface area contributed by atoms with Crippen LogP contribution in [0.4, 0.5) is 5.13 Å². The van der Waals surface area contributed by atoms with Gasteiger partial charge in [-0.25, -0.2) is 0 Å². The Bertz CT molecular complexity index is 811. The predicted molar refractivity (Wildman–Crippen MR) is 104 cm³/mol. The Kier molecular flexibility index (Phi) is 8.15. The molecule has 2 aromatic rings. The lowest BCUT2D eigenvalue weighted by atomic mass is 10.0. The molecule has 0 spiro atoms. The number of benzene rings is 1. The number of ether oxygens (including phenoxy) is 1. The van der Waals surface area contributed by atoms with E-state index in [9.17, 15) is 14.4 Å². The van der Waals surface area contributed by atoms with Crippen molar-refractivity contribution >= 4 is 57.3 Å². The minimum absolute atomic E-state index is 0.0970. The fraction of sp³-hybridized carbons (Fsp3) is 0.353. The number of alkyl halides is 1. The summed E-state index contributed by atoms with van der Waals surface area (Å²) < 4.78 is 5.23. The van der Waals surface area contributed by atoms with Gasteiger partial charge in [-0.1, -0.05) is 22.9 Å². The Balaban J connectivity index is 1.87. The molecule has 0 aliphatic heterocycles. The summed E-state index contributed by atoms with van der Waals surface area (Å²) >= 11 is 12.8. The maximum Gasteiger partial charge on any atom is 0.307 e. The van der Waals surface area contributed by atoms with Gasteiger partial charge in [0, 0.05) is 29.3 Å². The largest absolute Gasteiger partial charge is 0.454 e. The standard InChI is InChI=1S/C17H17Cl2N3O4S/c1-10-21-22-17(27-10)20-14(23)6-7-15(24)26-13(8-9-18)16(25)11-2-4-12(19)5-3-11/h2-5,13H,6-9H2,1H3,(H,20,22,23)/t13-/m1/s1. The number of carbonyl (C=O) groups excluding carboxylic acids is 3. The van der Waals surface area contributed by atoms with Gasteiger partial charge in [0.25, 0.3) is 0 Å². The van der Waals surface area contributed by atoms with Crippen molar-refractivity contribution in [1.82, 2.24) is 10.2 Å². The van der Waals surface area contributed by atoms with Crippen molar-refractivity contribution in [3.8, 4) is 0 Å². The van der Waals surface area contributed by atoms with Crippen molar-refractivity contribution in [2.45, 2.75) is 32.3 Å². The van der Waals surface area contributed by atoms with Crippen LogP contribution in [-0.4, -0.2) is 39.8 Å². The van der Waals surface area contributed by atoms with E-state index in [1.54, 1.807) is 31.2 Å². The van der Waals surface area contributed by atoms with Crippen LogP contribution in [0.3, 0.4) is 0 Å². The molecule has 144 valence electrons. The van der Waals surface area contributed by atoms with Crippen LogP contribution in [0.25, 0.3) is 0 Å². The van der Waals surface area contributed by atoms with Crippen molar-refractivity contribution in [2.75, 3.05) is 11.2 Å². The molecular weight excluding hydrogens is 413 g/mol. The molecule has 0 aliphatic carbocycles. The minimum atomic E-state index is -1.01. The summed E-state index contributed by atoms with van der Waals surface area (Å²) in [5, 5.41) is 11.7. The number of aromatic nitrogens is 2. The van der Waals surface area contributed by atoms with Crippen LogP contribution in [0.1, 0.15) is 34.6 Å². The Morgan fingerprint density at radius 2 is 1.89 bits per heavy atom.